The molecule has 1 aromatic heterocycles. The van der Waals surface area contributed by atoms with Crippen molar-refractivity contribution in [2.75, 3.05) is 6.61 Å². The van der Waals surface area contributed by atoms with Crippen molar-refractivity contribution < 1.29 is 19.1 Å². The van der Waals surface area contributed by atoms with Crippen molar-refractivity contribution in [2.45, 2.75) is 20.1 Å². The number of tetrazole rings is 1. The molecule has 0 saturated heterocycles. The molecule has 2 N–H and O–H groups in total. The van der Waals surface area contributed by atoms with Gasteiger partial charge >= 0.3 is 5.97 Å². The van der Waals surface area contributed by atoms with Gasteiger partial charge in [-0.05, 0) is 29.8 Å². The lowest BCUT2D eigenvalue weighted by Crippen LogP contribution is -2.20. The number of benzene rings is 2. The largest absolute Gasteiger partial charge is 0.484 e. The zero-order chi connectivity index (χ0) is 19.9. The van der Waals surface area contributed by atoms with Gasteiger partial charge in [0.05, 0.1) is 0 Å². The van der Waals surface area contributed by atoms with E-state index in [4.69, 9.17) is 15.2 Å². The summed E-state index contributed by atoms with van der Waals surface area (Å²) in [5, 5.41) is 12.0. The van der Waals surface area contributed by atoms with Gasteiger partial charge in [-0.3, -0.25) is 4.79 Å². The monoisotopic (exact) mass is 381 g/mol. The third-order valence-corrected chi connectivity index (χ3v) is 3.71. The highest BCUT2D eigenvalue weighted by Gasteiger charge is 2.11. The van der Waals surface area contributed by atoms with Crippen molar-refractivity contribution in [3.8, 4) is 17.1 Å². The number of hydrogen-bond acceptors (Lipinski definition) is 7. The van der Waals surface area contributed by atoms with Crippen molar-refractivity contribution in [2.24, 2.45) is 5.73 Å². The second-order valence-electron chi connectivity index (χ2n) is 6.07. The van der Waals surface area contributed by atoms with Crippen LogP contribution in [0.15, 0.2) is 48.5 Å². The number of aromatic nitrogens is 4. The maximum absolute atomic E-state index is 12.0. The lowest BCUT2D eigenvalue weighted by molar-refractivity contribution is -0.146. The highest BCUT2D eigenvalue weighted by atomic mass is 16.5. The van der Waals surface area contributed by atoms with Crippen molar-refractivity contribution in [1.29, 1.82) is 0 Å². The molecule has 0 spiro atoms. The number of rotatable bonds is 8. The van der Waals surface area contributed by atoms with Crippen molar-refractivity contribution >= 4 is 11.9 Å². The number of ether oxygens (including phenoxy) is 2. The van der Waals surface area contributed by atoms with E-state index in [-0.39, 0.29) is 19.8 Å². The number of nitrogens with two attached hydrogens (primary N) is 1. The Hall–Kier alpha value is -3.75. The molecule has 3 aromatic rings. The molecule has 0 bridgehead atoms. The Morgan fingerprint density at radius 2 is 1.93 bits per heavy atom. The fourth-order valence-corrected chi connectivity index (χ4v) is 2.33. The molecule has 0 fully saturated rings. The highest BCUT2D eigenvalue weighted by molar-refractivity contribution is 5.75. The number of esters is 1. The first-order chi connectivity index (χ1) is 13.5. The van der Waals surface area contributed by atoms with E-state index in [1.807, 2.05) is 31.2 Å². The van der Waals surface area contributed by atoms with Gasteiger partial charge in [0.2, 0.25) is 5.82 Å². The number of nitrogens with zero attached hydrogens (tertiary/aromatic N) is 4. The van der Waals surface area contributed by atoms with Gasteiger partial charge < -0.3 is 15.2 Å². The summed E-state index contributed by atoms with van der Waals surface area (Å²) in [4.78, 5) is 24.0. The van der Waals surface area contributed by atoms with E-state index >= 15 is 0 Å². The Morgan fingerprint density at radius 1 is 1.14 bits per heavy atom. The molecule has 0 aliphatic carbocycles. The van der Waals surface area contributed by atoms with Crippen molar-refractivity contribution in [3.05, 3.63) is 59.7 Å². The van der Waals surface area contributed by atoms with E-state index in [2.05, 4.69) is 15.4 Å². The minimum atomic E-state index is -0.567. The van der Waals surface area contributed by atoms with Crippen molar-refractivity contribution in [3.63, 3.8) is 0 Å². The number of primary amides is 1. The maximum Gasteiger partial charge on any atom is 0.330 e. The Morgan fingerprint density at radius 3 is 2.68 bits per heavy atom. The van der Waals surface area contributed by atoms with Gasteiger partial charge in [-0.2, -0.15) is 4.80 Å². The van der Waals surface area contributed by atoms with Gasteiger partial charge in [0.15, 0.2) is 13.2 Å². The number of aryl methyl sites for hydroxylation is 1. The quantitative estimate of drug-likeness (QED) is 0.583. The normalized spacial score (nSPS) is 10.5. The number of carbonyl (C=O) groups is 2. The van der Waals surface area contributed by atoms with Gasteiger partial charge in [-0.15, -0.1) is 10.2 Å². The highest BCUT2D eigenvalue weighted by Crippen LogP contribution is 2.15. The Bertz CT molecular complexity index is 968. The zero-order valence-electron chi connectivity index (χ0n) is 15.2. The van der Waals surface area contributed by atoms with E-state index < -0.39 is 11.9 Å². The molecule has 144 valence electrons. The fourth-order valence-electron chi connectivity index (χ4n) is 2.33. The average molecular weight is 381 g/mol. The van der Waals surface area contributed by atoms with Gasteiger partial charge in [0, 0.05) is 5.56 Å². The summed E-state index contributed by atoms with van der Waals surface area (Å²) in [5.41, 5.74) is 7.70. The molecular weight excluding hydrogens is 362 g/mol. The van der Waals surface area contributed by atoms with E-state index in [9.17, 15) is 9.59 Å². The summed E-state index contributed by atoms with van der Waals surface area (Å²) in [6, 6.07) is 14.5. The van der Waals surface area contributed by atoms with Crippen LogP contribution in [-0.4, -0.2) is 38.7 Å². The van der Waals surface area contributed by atoms with Crippen LogP contribution >= 0.6 is 0 Å². The molecule has 0 aliphatic heterocycles. The van der Waals surface area contributed by atoms with Crippen LogP contribution in [-0.2, 0) is 27.5 Å². The molecule has 0 saturated carbocycles. The zero-order valence-corrected chi connectivity index (χ0v) is 15.2. The van der Waals surface area contributed by atoms with Gasteiger partial charge in [-0.25, -0.2) is 4.79 Å². The summed E-state index contributed by atoms with van der Waals surface area (Å²) in [5.74, 6) is -0.168. The standard InChI is InChI=1S/C19H19N5O4/c1-13-5-7-15(8-6-13)19-21-23-24(22-19)10-18(26)28-11-14-3-2-4-16(9-14)27-12-17(20)25/h2-9H,10-12H2,1H3,(H2,20,25). The van der Waals surface area contributed by atoms with Crippen LogP contribution in [0.4, 0.5) is 0 Å². The summed E-state index contributed by atoms with van der Waals surface area (Å²) in [6.07, 6.45) is 0. The summed E-state index contributed by atoms with van der Waals surface area (Å²) in [7, 11) is 0. The molecule has 9 nitrogen and oxygen atoms in total. The Kier molecular flexibility index (Phi) is 5.95. The van der Waals surface area contributed by atoms with Crippen LogP contribution in [0.5, 0.6) is 5.75 Å². The van der Waals surface area contributed by atoms with Gasteiger partial charge in [0.25, 0.3) is 5.91 Å². The van der Waals surface area contributed by atoms with E-state index in [1.54, 1.807) is 24.3 Å². The van der Waals surface area contributed by atoms with Gasteiger partial charge in [0.1, 0.15) is 12.4 Å². The summed E-state index contributed by atoms with van der Waals surface area (Å²) < 4.78 is 10.4. The van der Waals surface area contributed by atoms with Crippen LogP contribution in [0.3, 0.4) is 0 Å². The maximum atomic E-state index is 12.0. The number of carbonyl (C=O) groups excluding carboxylic acids is 2. The SMILES string of the molecule is Cc1ccc(-c2nnn(CC(=O)OCc3cccc(OCC(N)=O)c3)n2)cc1. The summed E-state index contributed by atoms with van der Waals surface area (Å²) >= 11 is 0. The van der Waals surface area contributed by atoms with E-state index in [1.165, 1.54) is 4.80 Å². The van der Waals surface area contributed by atoms with E-state index in [0.717, 1.165) is 11.1 Å². The van der Waals surface area contributed by atoms with Gasteiger partial charge in [-0.1, -0.05) is 42.0 Å². The van der Waals surface area contributed by atoms with Crippen LogP contribution in [0, 0.1) is 6.92 Å². The molecule has 0 atom stereocenters. The molecule has 2 aromatic carbocycles. The first-order valence-electron chi connectivity index (χ1n) is 8.50. The number of hydrogen-bond donors (Lipinski definition) is 1. The second-order valence-corrected chi connectivity index (χ2v) is 6.07. The molecule has 1 amide bonds. The first kappa shape index (κ1) is 19.0. The molecule has 9 heteroatoms. The predicted molar refractivity (Wildman–Crippen MR) is 98.9 cm³/mol. The number of amides is 1. The molecule has 3 rings (SSSR count). The third-order valence-electron chi connectivity index (χ3n) is 3.71. The molecule has 1 heterocycles. The minimum Gasteiger partial charge on any atom is -0.484 e. The molecule has 0 aliphatic rings. The average Bonchev–Trinajstić information content (AvgIpc) is 3.14. The predicted octanol–water partition coefficient (Wildman–Crippen LogP) is 1.26. The minimum absolute atomic E-state index is 0.0477. The molecule has 28 heavy (non-hydrogen) atoms. The van der Waals surface area contributed by atoms with E-state index in [0.29, 0.717) is 17.1 Å². The first-order valence-corrected chi connectivity index (χ1v) is 8.50. The Balaban J connectivity index is 1.53. The third kappa shape index (κ3) is 5.37. The lowest BCUT2D eigenvalue weighted by Gasteiger charge is -2.07. The molecule has 0 radical (unpaired) electrons. The molecular formula is C19H19N5O4. The smallest absolute Gasteiger partial charge is 0.330 e. The fraction of sp³-hybridized carbons (Fsp3) is 0.211. The second kappa shape index (κ2) is 8.76. The lowest BCUT2D eigenvalue weighted by atomic mass is 10.1. The van der Waals surface area contributed by atoms with Crippen molar-refractivity contribution in [1.82, 2.24) is 20.2 Å². The Labute approximate surface area is 161 Å². The van der Waals surface area contributed by atoms with Crippen LogP contribution in [0.1, 0.15) is 11.1 Å². The summed E-state index contributed by atoms with van der Waals surface area (Å²) in [6.45, 7) is 1.66. The topological polar surface area (TPSA) is 122 Å². The molecule has 0 unspecified atom stereocenters. The van der Waals surface area contributed by atoms with Crippen LogP contribution in [0.2, 0.25) is 0 Å². The van der Waals surface area contributed by atoms with Crippen LogP contribution in [0.25, 0.3) is 11.4 Å². The van der Waals surface area contributed by atoms with Crippen LogP contribution < -0.4 is 10.5 Å².